The minimum Gasteiger partial charge on any atom is -0.508 e. The van der Waals surface area contributed by atoms with Crippen LogP contribution in [0.5, 0.6) is 5.75 Å². The molecule has 0 aliphatic heterocycles. The molecule has 0 unspecified atom stereocenters. The minimum absolute atomic E-state index is 0.0661. The largest absolute Gasteiger partial charge is 0.508 e. The summed E-state index contributed by atoms with van der Waals surface area (Å²) in [6.07, 6.45) is 3.02. The van der Waals surface area contributed by atoms with E-state index in [-0.39, 0.29) is 30.3 Å². The SMILES string of the molecule is O=C(CN(Cc1cccc(O)c1)C1CCC(O)CC1)Nc1ccc(Br)cc1. The molecule has 0 saturated heterocycles. The van der Waals surface area contributed by atoms with Crippen molar-refractivity contribution in [1.82, 2.24) is 4.90 Å². The van der Waals surface area contributed by atoms with E-state index in [0.29, 0.717) is 6.54 Å². The van der Waals surface area contributed by atoms with Gasteiger partial charge < -0.3 is 15.5 Å². The van der Waals surface area contributed by atoms with Crippen molar-refractivity contribution in [3.8, 4) is 5.75 Å². The zero-order chi connectivity index (χ0) is 19.2. The van der Waals surface area contributed by atoms with Crippen LogP contribution in [0.2, 0.25) is 0 Å². The fraction of sp³-hybridized carbons (Fsp3) is 0.381. The number of benzene rings is 2. The van der Waals surface area contributed by atoms with E-state index >= 15 is 0 Å². The first kappa shape index (κ1) is 19.9. The van der Waals surface area contributed by atoms with Crippen LogP contribution in [0.4, 0.5) is 5.69 Å². The van der Waals surface area contributed by atoms with Crippen LogP contribution in [0.1, 0.15) is 31.2 Å². The molecule has 0 bridgehead atoms. The summed E-state index contributed by atoms with van der Waals surface area (Å²) in [5.74, 6) is 0.162. The fourth-order valence-electron chi connectivity index (χ4n) is 3.54. The number of hydrogen-bond donors (Lipinski definition) is 3. The van der Waals surface area contributed by atoms with E-state index < -0.39 is 0 Å². The Kier molecular flexibility index (Phi) is 6.88. The fourth-order valence-corrected chi connectivity index (χ4v) is 3.81. The third kappa shape index (κ3) is 6.06. The second kappa shape index (κ2) is 9.35. The van der Waals surface area contributed by atoms with Gasteiger partial charge in [-0.1, -0.05) is 28.1 Å². The summed E-state index contributed by atoms with van der Waals surface area (Å²) in [7, 11) is 0. The molecule has 1 saturated carbocycles. The van der Waals surface area contributed by atoms with Crippen molar-refractivity contribution in [3.05, 3.63) is 58.6 Å². The number of nitrogens with zero attached hydrogens (tertiary/aromatic N) is 1. The van der Waals surface area contributed by atoms with Gasteiger partial charge in [-0.05, 0) is 67.6 Å². The lowest BCUT2D eigenvalue weighted by atomic mass is 9.91. The van der Waals surface area contributed by atoms with Crippen LogP contribution < -0.4 is 5.32 Å². The van der Waals surface area contributed by atoms with Crippen LogP contribution in [0.25, 0.3) is 0 Å². The number of nitrogens with one attached hydrogen (secondary N) is 1. The zero-order valence-electron chi connectivity index (χ0n) is 15.1. The van der Waals surface area contributed by atoms with Crippen LogP contribution in [-0.2, 0) is 11.3 Å². The molecule has 0 heterocycles. The number of carbonyl (C=O) groups excluding carboxylic acids is 1. The standard InChI is InChI=1S/C21H25BrN2O3/c22-16-4-6-17(7-5-16)23-21(27)14-24(18-8-10-19(25)11-9-18)13-15-2-1-3-20(26)12-15/h1-7,12,18-19,25-26H,8-11,13-14H2,(H,23,27). The first-order chi connectivity index (χ1) is 13.0. The molecule has 3 rings (SSSR count). The van der Waals surface area contributed by atoms with Crippen molar-refractivity contribution in [1.29, 1.82) is 0 Å². The van der Waals surface area contributed by atoms with E-state index in [9.17, 15) is 15.0 Å². The maximum absolute atomic E-state index is 12.6. The molecule has 0 spiro atoms. The smallest absolute Gasteiger partial charge is 0.238 e. The summed E-state index contributed by atoms with van der Waals surface area (Å²) in [6, 6.07) is 14.9. The number of aliphatic hydroxyl groups is 1. The van der Waals surface area contributed by atoms with E-state index in [1.165, 1.54) is 0 Å². The van der Waals surface area contributed by atoms with Crippen LogP contribution >= 0.6 is 15.9 Å². The number of carbonyl (C=O) groups is 1. The monoisotopic (exact) mass is 432 g/mol. The van der Waals surface area contributed by atoms with Crippen molar-refractivity contribution < 1.29 is 15.0 Å². The Morgan fingerprint density at radius 3 is 2.48 bits per heavy atom. The van der Waals surface area contributed by atoms with E-state index in [4.69, 9.17) is 0 Å². The molecule has 6 heteroatoms. The lowest BCUT2D eigenvalue weighted by Crippen LogP contribution is -2.42. The third-order valence-corrected chi connectivity index (χ3v) is 5.48. The van der Waals surface area contributed by atoms with Crippen LogP contribution in [0.3, 0.4) is 0 Å². The summed E-state index contributed by atoms with van der Waals surface area (Å²) >= 11 is 3.39. The van der Waals surface area contributed by atoms with Gasteiger partial charge in [0.25, 0.3) is 0 Å². The molecule has 0 aromatic heterocycles. The van der Waals surface area contributed by atoms with Gasteiger partial charge in [-0.15, -0.1) is 0 Å². The van der Waals surface area contributed by atoms with E-state index in [2.05, 4.69) is 26.1 Å². The summed E-state index contributed by atoms with van der Waals surface area (Å²) in [5.41, 5.74) is 1.73. The van der Waals surface area contributed by atoms with Crippen LogP contribution in [-0.4, -0.2) is 39.7 Å². The van der Waals surface area contributed by atoms with Crippen molar-refractivity contribution in [2.75, 3.05) is 11.9 Å². The van der Waals surface area contributed by atoms with Gasteiger partial charge in [-0.2, -0.15) is 0 Å². The number of rotatable bonds is 6. The Balaban J connectivity index is 1.68. The maximum atomic E-state index is 12.6. The average molecular weight is 433 g/mol. The second-order valence-corrected chi connectivity index (χ2v) is 8.01. The number of amides is 1. The topological polar surface area (TPSA) is 72.8 Å². The Morgan fingerprint density at radius 1 is 1.11 bits per heavy atom. The molecule has 3 N–H and O–H groups in total. The van der Waals surface area contributed by atoms with Crippen LogP contribution in [0.15, 0.2) is 53.0 Å². The molecular weight excluding hydrogens is 408 g/mol. The molecule has 2 aromatic rings. The predicted octanol–water partition coefficient (Wildman–Crippen LogP) is 3.90. The molecule has 1 fully saturated rings. The highest BCUT2D eigenvalue weighted by Gasteiger charge is 2.26. The van der Waals surface area contributed by atoms with Gasteiger partial charge in [-0.3, -0.25) is 9.69 Å². The van der Waals surface area contributed by atoms with Gasteiger partial charge in [0.05, 0.1) is 12.6 Å². The highest BCUT2D eigenvalue weighted by atomic mass is 79.9. The van der Waals surface area contributed by atoms with Crippen LogP contribution in [0, 0.1) is 0 Å². The van der Waals surface area contributed by atoms with Crippen molar-refractivity contribution in [3.63, 3.8) is 0 Å². The number of phenols is 1. The second-order valence-electron chi connectivity index (χ2n) is 7.09. The predicted molar refractivity (Wildman–Crippen MR) is 110 cm³/mol. The van der Waals surface area contributed by atoms with Crippen molar-refractivity contribution in [2.24, 2.45) is 0 Å². The third-order valence-electron chi connectivity index (χ3n) is 4.95. The Bertz CT molecular complexity index is 758. The number of hydrogen-bond acceptors (Lipinski definition) is 4. The van der Waals surface area contributed by atoms with Gasteiger partial charge in [0.2, 0.25) is 5.91 Å². The highest BCUT2D eigenvalue weighted by Crippen LogP contribution is 2.25. The van der Waals surface area contributed by atoms with E-state index in [0.717, 1.165) is 41.4 Å². The lowest BCUT2D eigenvalue weighted by molar-refractivity contribution is -0.118. The molecule has 1 aliphatic rings. The zero-order valence-corrected chi connectivity index (χ0v) is 16.7. The van der Waals surface area contributed by atoms with E-state index in [1.807, 2.05) is 36.4 Å². The first-order valence-corrected chi connectivity index (χ1v) is 10.0. The maximum Gasteiger partial charge on any atom is 0.238 e. The number of phenolic OH excluding ortho intramolecular Hbond substituents is 1. The molecule has 1 amide bonds. The van der Waals surface area contributed by atoms with Gasteiger partial charge in [0, 0.05) is 22.7 Å². The normalized spacial score (nSPS) is 19.8. The Morgan fingerprint density at radius 2 is 1.81 bits per heavy atom. The number of aliphatic hydroxyl groups excluding tert-OH is 1. The minimum atomic E-state index is -0.236. The van der Waals surface area contributed by atoms with Crippen molar-refractivity contribution in [2.45, 2.75) is 44.4 Å². The van der Waals surface area contributed by atoms with Gasteiger partial charge in [0.1, 0.15) is 5.75 Å². The average Bonchev–Trinajstić information content (AvgIpc) is 2.64. The molecule has 1 aliphatic carbocycles. The summed E-state index contributed by atoms with van der Waals surface area (Å²) < 4.78 is 0.965. The molecule has 144 valence electrons. The molecule has 27 heavy (non-hydrogen) atoms. The first-order valence-electron chi connectivity index (χ1n) is 9.25. The Hall–Kier alpha value is -1.89. The summed E-state index contributed by atoms with van der Waals surface area (Å²) in [6.45, 7) is 0.857. The van der Waals surface area contributed by atoms with Crippen molar-refractivity contribution >= 4 is 27.5 Å². The number of halogens is 1. The lowest BCUT2D eigenvalue weighted by Gasteiger charge is -2.35. The number of aromatic hydroxyl groups is 1. The summed E-state index contributed by atoms with van der Waals surface area (Å²) in [4.78, 5) is 14.8. The Labute approximate surface area is 168 Å². The molecule has 5 nitrogen and oxygen atoms in total. The van der Waals surface area contributed by atoms with E-state index in [1.54, 1.807) is 12.1 Å². The van der Waals surface area contributed by atoms with Gasteiger partial charge >= 0.3 is 0 Å². The molecule has 0 radical (unpaired) electrons. The van der Waals surface area contributed by atoms with Gasteiger partial charge in [0.15, 0.2) is 0 Å². The summed E-state index contributed by atoms with van der Waals surface area (Å²) in [5, 5.41) is 22.5. The molecule has 0 atom stereocenters. The number of anilines is 1. The quantitative estimate of drug-likeness (QED) is 0.646. The molecule has 2 aromatic carbocycles. The molecular formula is C21H25BrN2O3. The van der Waals surface area contributed by atoms with Gasteiger partial charge in [-0.25, -0.2) is 0 Å². The highest BCUT2D eigenvalue weighted by molar-refractivity contribution is 9.10.